The molecule has 0 aliphatic carbocycles. The lowest BCUT2D eigenvalue weighted by Crippen LogP contribution is -2.19. The number of hydrogen-bond acceptors (Lipinski definition) is 7. The minimum absolute atomic E-state index is 0.00373. The van der Waals surface area contributed by atoms with Crippen LogP contribution in [0.15, 0.2) is 46.3 Å². The zero-order valence-electron chi connectivity index (χ0n) is 16.0. The molecule has 12 heteroatoms. The number of thioether (sulfide) groups is 1. The number of methoxy groups -OCH3 is 2. The Balaban J connectivity index is 1.95. The molecule has 162 valence electrons. The van der Waals surface area contributed by atoms with Crippen molar-refractivity contribution < 1.29 is 32.4 Å². The molecule has 0 spiro atoms. The molecule has 1 heterocycles. The van der Waals surface area contributed by atoms with Crippen molar-refractivity contribution in [1.29, 1.82) is 0 Å². The van der Waals surface area contributed by atoms with Gasteiger partial charge in [0.1, 0.15) is 0 Å². The highest BCUT2D eigenvalue weighted by atomic mass is 32.2. The molecule has 1 aliphatic heterocycles. The Morgan fingerprint density at radius 2 is 1.84 bits per heavy atom. The van der Waals surface area contributed by atoms with Crippen LogP contribution in [-0.2, 0) is 11.0 Å². The van der Waals surface area contributed by atoms with Crippen LogP contribution in [0.3, 0.4) is 0 Å². The number of nitro groups is 1. The largest absolute Gasteiger partial charge is 0.493 e. The fraction of sp³-hybridized carbons (Fsp3) is 0.158. The highest BCUT2D eigenvalue weighted by Crippen LogP contribution is 2.38. The number of nitro benzene ring substituents is 1. The fourth-order valence-electron chi connectivity index (χ4n) is 2.65. The number of rotatable bonds is 5. The first kappa shape index (κ1) is 22.2. The molecule has 3 rings (SSSR count). The summed E-state index contributed by atoms with van der Waals surface area (Å²) in [5.41, 5.74) is -1.11. The number of aliphatic imine (C=N–C) groups is 1. The summed E-state index contributed by atoms with van der Waals surface area (Å²) in [5, 5.41) is 13.9. The van der Waals surface area contributed by atoms with Gasteiger partial charge >= 0.3 is 6.18 Å². The summed E-state index contributed by atoms with van der Waals surface area (Å²) in [4.78, 5) is 27.2. The lowest BCUT2D eigenvalue weighted by Gasteiger charge is -2.09. The predicted octanol–water partition coefficient (Wildman–Crippen LogP) is 4.52. The molecule has 0 bridgehead atoms. The van der Waals surface area contributed by atoms with E-state index in [0.29, 0.717) is 0 Å². The number of benzene rings is 2. The molecule has 1 N–H and O–H groups in total. The van der Waals surface area contributed by atoms with Crippen LogP contribution in [0.4, 0.5) is 24.5 Å². The number of ether oxygens (including phenoxy) is 2. The summed E-state index contributed by atoms with van der Waals surface area (Å²) in [6, 6.07) is 6.83. The maximum absolute atomic E-state index is 12.9. The van der Waals surface area contributed by atoms with Crippen molar-refractivity contribution in [3.8, 4) is 11.5 Å². The predicted molar refractivity (Wildman–Crippen MR) is 108 cm³/mol. The van der Waals surface area contributed by atoms with Gasteiger partial charge < -0.3 is 14.8 Å². The molecule has 1 saturated heterocycles. The van der Waals surface area contributed by atoms with Crippen molar-refractivity contribution in [3.05, 3.63) is 62.5 Å². The van der Waals surface area contributed by atoms with Gasteiger partial charge in [0.15, 0.2) is 16.7 Å². The average molecular weight is 453 g/mol. The number of halogens is 3. The second-order valence-electron chi connectivity index (χ2n) is 6.05. The number of nitrogens with zero attached hydrogens (tertiary/aromatic N) is 2. The standard InChI is InChI=1S/C19H14F3N3O5S/c1-29-14-6-10(13(25(27)28)9-15(14)30-2)7-16-17(26)24-18(31-16)23-12-5-3-4-11(8-12)19(20,21)22/h3-9H,1-2H3,(H,23,24,26)/b16-7-. The first-order valence-corrected chi connectivity index (χ1v) is 9.31. The molecule has 0 atom stereocenters. The lowest BCUT2D eigenvalue weighted by atomic mass is 10.1. The minimum atomic E-state index is -4.53. The second kappa shape index (κ2) is 8.68. The van der Waals surface area contributed by atoms with E-state index >= 15 is 0 Å². The number of alkyl halides is 3. The topological polar surface area (TPSA) is 103 Å². The van der Waals surface area contributed by atoms with E-state index in [1.807, 2.05) is 0 Å². The van der Waals surface area contributed by atoms with Gasteiger partial charge in [-0.3, -0.25) is 14.9 Å². The molecule has 0 radical (unpaired) electrons. The first-order chi connectivity index (χ1) is 14.6. The van der Waals surface area contributed by atoms with Crippen molar-refractivity contribution in [2.75, 3.05) is 14.2 Å². The summed E-state index contributed by atoms with van der Waals surface area (Å²) < 4.78 is 48.8. The summed E-state index contributed by atoms with van der Waals surface area (Å²) in [5.74, 6) is -0.229. The van der Waals surface area contributed by atoms with Gasteiger partial charge in [-0.05, 0) is 42.1 Å². The van der Waals surface area contributed by atoms with Crippen molar-refractivity contribution in [3.63, 3.8) is 0 Å². The Bertz CT molecular complexity index is 1120. The van der Waals surface area contributed by atoms with Gasteiger partial charge in [0.2, 0.25) is 0 Å². The van der Waals surface area contributed by atoms with Crippen LogP contribution in [0.5, 0.6) is 11.5 Å². The highest BCUT2D eigenvalue weighted by Gasteiger charge is 2.31. The van der Waals surface area contributed by atoms with Crippen LogP contribution in [0.1, 0.15) is 11.1 Å². The van der Waals surface area contributed by atoms with Crippen LogP contribution in [0, 0.1) is 10.1 Å². The van der Waals surface area contributed by atoms with Crippen molar-refractivity contribution >= 4 is 40.3 Å². The smallest absolute Gasteiger partial charge is 0.416 e. The summed E-state index contributed by atoms with van der Waals surface area (Å²) >= 11 is 0.840. The van der Waals surface area contributed by atoms with E-state index in [-0.39, 0.29) is 38.5 Å². The van der Waals surface area contributed by atoms with Crippen LogP contribution in [-0.4, -0.2) is 30.2 Å². The zero-order valence-corrected chi connectivity index (χ0v) is 16.8. The van der Waals surface area contributed by atoms with Gasteiger partial charge in [0, 0.05) is 0 Å². The number of carbonyl (C=O) groups excluding carboxylic acids is 1. The number of carbonyl (C=O) groups is 1. The third-order valence-electron chi connectivity index (χ3n) is 4.07. The third-order valence-corrected chi connectivity index (χ3v) is 4.98. The summed E-state index contributed by atoms with van der Waals surface area (Å²) in [6.07, 6.45) is -3.26. The van der Waals surface area contributed by atoms with E-state index in [1.54, 1.807) is 0 Å². The van der Waals surface area contributed by atoms with Crippen LogP contribution >= 0.6 is 11.8 Å². The Labute approximate surface area is 177 Å². The van der Waals surface area contributed by atoms with Gasteiger partial charge in [-0.25, -0.2) is 4.99 Å². The van der Waals surface area contributed by atoms with Crippen molar-refractivity contribution in [2.24, 2.45) is 4.99 Å². The summed E-state index contributed by atoms with van der Waals surface area (Å²) in [6.45, 7) is 0. The van der Waals surface area contributed by atoms with E-state index in [9.17, 15) is 28.1 Å². The Hall–Kier alpha value is -3.54. The fourth-order valence-corrected chi connectivity index (χ4v) is 3.48. The van der Waals surface area contributed by atoms with Crippen LogP contribution in [0.2, 0.25) is 0 Å². The molecular weight excluding hydrogens is 439 g/mol. The molecule has 31 heavy (non-hydrogen) atoms. The summed E-state index contributed by atoms with van der Waals surface area (Å²) in [7, 11) is 2.69. The molecule has 1 amide bonds. The van der Waals surface area contributed by atoms with Gasteiger partial charge in [-0.2, -0.15) is 13.2 Å². The number of amidine groups is 1. The molecule has 1 fully saturated rings. The Morgan fingerprint density at radius 3 is 2.45 bits per heavy atom. The molecule has 8 nitrogen and oxygen atoms in total. The van der Waals surface area contributed by atoms with Gasteiger partial charge in [0.05, 0.1) is 46.9 Å². The minimum Gasteiger partial charge on any atom is -0.493 e. The van der Waals surface area contributed by atoms with E-state index in [4.69, 9.17) is 9.47 Å². The van der Waals surface area contributed by atoms with Gasteiger partial charge in [-0.15, -0.1) is 0 Å². The van der Waals surface area contributed by atoms with Crippen molar-refractivity contribution in [2.45, 2.75) is 6.18 Å². The maximum atomic E-state index is 12.9. The second-order valence-corrected chi connectivity index (χ2v) is 7.08. The van der Waals surface area contributed by atoms with Crippen molar-refractivity contribution in [1.82, 2.24) is 5.32 Å². The quantitative estimate of drug-likeness (QED) is 0.406. The number of hydrogen-bond donors (Lipinski definition) is 1. The lowest BCUT2D eigenvalue weighted by molar-refractivity contribution is -0.385. The average Bonchev–Trinajstić information content (AvgIpc) is 3.05. The molecule has 0 aromatic heterocycles. The van der Waals surface area contributed by atoms with Crippen LogP contribution < -0.4 is 14.8 Å². The van der Waals surface area contributed by atoms with E-state index in [1.165, 1.54) is 44.6 Å². The maximum Gasteiger partial charge on any atom is 0.416 e. The molecule has 0 unspecified atom stereocenters. The molecule has 1 aliphatic rings. The SMILES string of the molecule is COc1cc(/C=C2\SC(=Nc3cccc(C(F)(F)F)c3)NC2=O)c([N+](=O)[O-])cc1OC. The normalized spacial score (nSPS) is 16.5. The highest BCUT2D eigenvalue weighted by molar-refractivity contribution is 8.18. The first-order valence-electron chi connectivity index (χ1n) is 8.49. The molecule has 0 saturated carbocycles. The molecule has 2 aromatic carbocycles. The van der Waals surface area contributed by atoms with E-state index in [0.717, 1.165) is 23.9 Å². The number of amides is 1. The van der Waals surface area contributed by atoms with E-state index in [2.05, 4.69) is 10.3 Å². The number of nitrogens with one attached hydrogen (secondary N) is 1. The monoisotopic (exact) mass is 453 g/mol. The van der Waals surface area contributed by atoms with Gasteiger partial charge in [-0.1, -0.05) is 6.07 Å². The van der Waals surface area contributed by atoms with Gasteiger partial charge in [0.25, 0.3) is 11.6 Å². The zero-order chi connectivity index (χ0) is 22.8. The Kier molecular flexibility index (Phi) is 6.20. The van der Waals surface area contributed by atoms with E-state index < -0.39 is 22.6 Å². The third kappa shape index (κ3) is 4.97. The Morgan fingerprint density at radius 1 is 1.16 bits per heavy atom. The molecular formula is C19H14F3N3O5S. The van der Waals surface area contributed by atoms with Crippen LogP contribution in [0.25, 0.3) is 6.08 Å². The molecule has 2 aromatic rings.